The van der Waals surface area contributed by atoms with Crippen LogP contribution in [0, 0.1) is 0 Å². The molecule has 0 aliphatic rings. The van der Waals surface area contributed by atoms with E-state index in [9.17, 15) is 22.0 Å². The van der Waals surface area contributed by atoms with Crippen LogP contribution in [0.15, 0.2) is 48.0 Å². The second kappa shape index (κ2) is 6.29. The number of nitrogens with one attached hydrogen (secondary N) is 1. The fraction of sp³-hybridized carbons (Fsp3) is 0.143. The number of rotatable bonds is 5. The van der Waals surface area contributed by atoms with Gasteiger partial charge in [-0.1, -0.05) is 18.7 Å². The van der Waals surface area contributed by atoms with Crippen molar-refractivity contribution in [1.82, 2.24) is 9.78 Å². The van der Waals surface area contributed by atoms with Gasteiger partial charge in [-0.15, -0.1) is 0 Å². The highest BCUT2D eigenvalue weighted by Gasteiger charge is 2.14. The summed E-state index contributed by atoms with van der Waals surface area (Å²) in [6.07, 6.45) is 2.10. The van der Waals surface area contributed by atoms with Gasteiger partial charge in [0.05, 0.1) is 4.90 Å². The molecule has 1 aromatic heterocycles. The fourth-order valence-electron chi connectivity index (χ4n) is 1.74. The molecule has 0 fully saturated rings. The minimum absolute atomic E-state index is 0.0378. The number of carbonyl (C=O) groups is 1. The lowest BCUT2D eigenvalue weighted by Crippen LogP contribution is -2.14. The number of hydrogen-bond acceptors (Lipinski definition) is 4. The molecule has 1 heterocycles. The van der Waals surface area contributed by atoms with Crippen molar-refractivity contribution in [1.29, 1.82) is 0 Å². The average Bonchev–Trinajstić information content (AvgIpc) is 2.94. The average molecular weight is 341 g/mol. The molecule has 0 bridgehead atoms. The highest BCUT2D eigenvalue weighted by atomic mass is 32.2. The number of hydrogen-bond donors (Lipinski definition) is 1. The first kappa shape index (κ1) is 16.8. The number of alkyl halides is 2. The number of carbonyl (C=O) groups excluding carboxylic acids is 1. The quantitative estimate of drug-likeness (QED) is 0.847. The van der Waals surface area contributed by atoms with Crippen LogP contribution < -0.4 is 5.32 Å². The molecule has 1 amide bonds. The Hall–Kier alpha value is -2.55. The lowest BCUT2D eigenvalue weighted by atomic mass is 10.1. The molecule has 1 aromatic carbocycles. The highest BCUT2D eigenvalue weighted by Crippen LogP contribution is 2.18. The smallest absolute Gasteiger partial charge is 0.305 e. The lowest BCUT2D eigenvalue weighted by molar-refractivity contribution is -0.111. The third-order valence-electron chi connectivity index (χ3n) is 2.95. The minimum Gasteiger partial charge on any atom is -0.305 e. The summed E-state index contributed by atoms with van der Waals surface area (Å²) in [5.41, 5.74) is 0.458. The molecule has 23 heavy (non-hydrogen) atoms. The van der Waals surface area contributed by atoms with Crippen LogP contribution in [0.4, 0.5) is 14.6 Å². The molecular formula is C14H13F2N3O3S. The van der Waals surface area contributed by atoms with E-state index in [1.54, 1.807) is 0 Å². The Bertz CT molecular complexity index is 842. The number of benzene rings is 1. The van der Waals surface area contributed by atoms with Crippen LogP contribution in [0.1, 0.15) is 12.1 Å². The van der Waals surface area contributed by atoms with Crippen molar-refractivity contribution in [3.8, 4) is 0 Å². The predicted molar refractivity (Wildman–Crippen MR) is 80.7 cm³/mol. The minimum atomic E-state index is -3.33. The largest absolute Gasteiger partial charge is 0.333 e. The third-order valence-corrected chi connectivity index (χ3v) is 4.08. The van der Waals surface area contributed by atoms with E-state index in [-0.39, 0.29) is 16.3 Å². The summed E-state index contributed by atoms with van der Waals surface area (Å²) in [5.74, 6) is -0.666. The van der Waals surface area contributed by atoms with Crippen LogP contribution >= 0.6 is 0 Å². The maximum absolute atomic E-state index is 12.4. The summed E-state index contributed by atoms with van der Waals surface area (Å²) in [6, 6.07) is 6.82. The van der Waals surface area contributed by atoms with Gasteiger partial charge in [-0.05, 0) is 17.7 Å². The van der Waals surface area contributed by atoms with Crippen LogP contribution in [0.25, 0.3) is 5.57 Å². The van der Waals surface area contributed by atoms with Crippen molar-refractivity contribution < 1.29 is 22.0 Å². The Labute approximate surface area is 131 Å². The maximum Gasteiger partial charge on any atom is 0.333 e. The first-order chi connectivity index (χ1) is 10.7. The molecule has 0 aliphatic carbocycles. The van der Waals surface area contributed by atoms with Crippen molar-refractivity contribution >= 4 is 27.1 Å². The van der Waals surface area contributed by atoms with Gasteiger partial charge in [-0.25, -0.2) is 13.1 Å². The molecule has 6 nitrogen and oxygen atoms in total. The summed E-state index contributed by atoms with van der Waals surface area (Å²) in [7, 11) is -3.33. The molecule has 0 aliphatic heterocycles. The molecule has 0 atom stereocenters. The van der Waals surface area contributed by atoms with Gasteiger partial charge < -0.3 is 5.32 Å². The van der Waals surface area contributed by atoms with Gasteiger partial charge >= 0.3 is 6.55 Å². The van der Waals surface area contributed by atoms with E-state index >= 15 is 0 Å². The number of aromatic nitrogens is 2. The van der Waals surface area contributed by atoms with Crippen LogP contribution in [0.3, 0.4) is 0 Å². The summed E-state index contributed by atoms with van der Waals surface area (Å²) in [4.78, 5) is 12.1. The molecular weight excluding hydrogens is 328 g/mol. The molecule has 1 N–H and O–H groups in total. The Morgan fingerprint density at radius 2 is 1.87 bits per heavy atom. The van der Waals surface area contributed by atoms with E-state index in [4.69, 9.17) is 0 Å². The monoisotopic (exact) mass is 341 g/mol. The molecule has 2 aromatic rings. The van der Waals surface area contributed by atoms with Crippen LogP contribution in [-0.2, 0) is 14.6 Å². The second-order valence-electron chi connectivity index (χ2n) is 4.69. The second-order valence-corrected chi connectivity index (χ2v) is 6.70. The lowest BCUT2D eigenvalue weighted by Gasteiger charge is -2.07. The van der Waals surface area contributed by atoms with Gasteiger partial charge in [-0.3, -0.25) is 4.79 Å². The van der Waals surface area contributed by atoms with Gasteiger partial charge in [0.2, 0.25) is 0 Å². The molecule has 0 radical (unpaired) electrons. The number of anilines is 1. The Balaban J connectivity index is 2.11. The SMILES string of the molecule is C=C(C(=O)Nc1ccn(C(F)F)n1)c1ccc(S(C)(=O)=O)cc1. The molecule has 0 saturated heterocycles. The Morgan fingerprint density at radius 3 is 2.35 bits per heavy atom. The molecule has 0 spiro atoms. The van der Waals surface area contributed by atoms with Crippen molar-refractivity contribution in [3.63, 3.8) is 0 Å². The summed E-state index contributed by atoms with van der Waals surface area (Å²) >= 11 is 0. The Kier molecular flexibility index (Phi) is 4.60. The fourth-order valence-corrected chi connectivity index (χ4v) is 2.37. The standard InChI is InChI=1S/C14H13F2N3O3S/c1-9(10-3-5-11(6-4-10)23(2,21)22)13(20)17-12-7-8-19(18-12)14(15)16/h3-8,14H,1H2,2H3,(H,17,18,20). The van der Waals surface area contributed by atoms with E-state index in [0.717, 1.165) is 12.5 Å². The van der Waals surface area contributed by atoms with Gasteiger partial charge in [0.1, 0.15) is 0 Å². The van der Waals surface area contributed by atoms with Crippen molar-refractivity contribution in [3.05, 3.63) is 48.7 Å². The van der Waals surface area contributed by atoms with Crippen molar-refractivity contribution in [2.45, 2.75) is 11.4 Å². The van der Waals surface area contributed by atoms with Crippen LogP contribution in [0.5, 0.6) is 0 Å². The van der Waals surface area contributed by atoms with E-state index in [1.165, 1.54) is 30.3 Å². The van der Waals surface area contributed by atoms with Gasteiger partial charge in [0.25, 0.3) is 5.91 Å². The van der Waals surface area contributed by atoms with Gasteiger partial charge in [-0.2, -0.15) is 13.9 Å². The summed E-state index contributed by atoms with van der Waals surface area (Å²) < 4.78 is 47.9. The first-order valence-electron chi connectivity index (χ1n) is 6.32. The molecule has 2 rings (SSSR count). The zero-order valence-corrected chi connectivity index (χ0v) is 12.8. The molecule has 122 valence electrons. The zero-order chi connectivity index (χ0) is 17.2. The first-order valence-corrected chi connectivity index (χ1v) is 8.21. The van der Waals surface area contributed by atoms with Crippen LogP contribution in [0.2, 0.25) is 0 Å². The number of nitrogens with zero attached hydrogens (tertiary/aromatic N) is 2. The number of amides is 1. The van der Waals surface area contributed by atoms with Gasteiger partial charge in [0, 0.05) is 24.1 Å². The van der Waals surface area contributed by atoms with Crippen molar-refractivity contribution in [2.75, 3.05) is 11.6 Å². The van der Waals surface area contributed by atoms with E-state index in [2.05, 4.69) is 17.0 Å². The zero-order valence-electron chi connectivity index (χ0n) is 12.0. The van der Waals surface area contributed by atoms with Gasteiger partial charge in [0.15, 0.2) is 15.7 Å². The van der Waals surface area contributed by atoms with E-state index < -0.39 is 22.3 Å². The van der Waals surface area contributed by atoms with Crippen molar-refractivity contribution in [2.24, 2.45) is 0 Å². The topological polar surface area (TPSA) is 81.1 Å². The summed E-state index contributed by atoms with van der Waals surface area (Å²) in [6.45, 7) is 0.812. The number of halogens is 2. The molecule has 0 saturated carbocycles. The Morgan fingerprint density at radius 1 is 1.26 bits per heavy atom. The normalized spacial score (nSPS) is 11.5. The predicted octanol–water partition coefficient (Wildman–Crippen LogP) is 2.33. The van der Waals surface area contributed by atoms with E-state index in [1.807, 2.05) is 0 Å². The molecule has 0 unspecified atom stereocenters. The molecule has 9 heteroatoms. The third kappa shape index (κ3) is 4.01. The highest BCUT2D eigenvalue weighted by molar-refractivity contribution is 7.90. The summed E-state index contributed by atoms with van der Waals surface area (Å²) in [5, 5.41) is 5.82. The number of sulfone groups is 1. The maximum atomic E-state index is 12.4. The van der Waals surface area contributed by atoms with E-state index in [0.29, 0.717) is 10.2 Å². The van der Waals surface area contributed by atoms with Crippen LogP contribution in [-0.4, -0.2) is 30.4 Å².